The number of likely N-dealkylation sites (tertiary alicyclic amines) is 1. The highest BCUT2D eigenvalue weighted by Crippen LogP contribution is 2.19. The third kappa shape index (κ3) is 3.08. The van der Waals surface area contributed by atoms with Crippen molar-refractivity contribution in [3.05, 3.63) is 23.7 Å². The van der Waals surface area contributed by atoms with Crippen molar-refractivity contribution in [3.63, 3.8) is 0 Å². The number of carboxylic acid groups (broad SMARTS) is 1. The van der Waals surface area contributed by atoms with Crippen molar-refractivity contribution in [2.24, 2.45) is 5.92 Å². The fourth-order valence-corrected chi connectivity index (χ4v) is 2.12. The number of rotatable bonds is 4. The Balaban J connectivity index is 1.86. The van der Waals surface area contributed by atoms with E-state index < -0.39 is 5.97 Å². The summed E-state index contributed by atoms with van der Waals surface area (Å²) in [4.78, 5) is 12.9. The van der Waals surface area contributed by atoms with Crippen LogP contribution in [0.2, 0.25) is 0 Å². The normalized spacial score (nSPS) is 18.4. The van der Waals surface area contributed by atoms with E-state index in [4.69, 9.17) is 14.6 Å². The zero-order valence-electron chi connectivity index (χ0n) is 9.63. The van der Waals surface area contributed by atoms with E-state index in [1.807, 2.05) is 0 Å². The molecular formula is C12H17NO4. The van der Waals surface area contributed by atoms with Crippen LogP contribution in [0.3, 0.4) is 0 Å². The first kappa shape index (κ1) is 12.1. The van der Waals surface area contributed by atoms with Crippen LogP contribution in [-0.2, 0) is 6.54 Å². The molecule has 1 aliphatic heterocycles. The van der Waals surface area contributed by atoms with Crippen molar-refractivity contribution in [2.45, 2.75) is 19.4 Å². The molecule has 0 spiro atoms. The van der Waals surface area contributed by atoms with E-state index in [1.165, 1.54) is 6.26 Å². The van der Waals surface area contributed by atoms with E-state index in [0.717, 1.165) is 25.9 Å². The van der Waals surface area contributed by atoms with Crippen LogP contribution in [0.1, 0.15) is 29.0 Å². The SMILES string of the molecule is O=C(O)c1coc(CN2CCC(CO)CC2)c1. The molecule has 0 atom stereocenters. The Hall–Kier alpha value is -1.33. The molecule has 2 N–H and O–H groups in total. The van der Waals surface area contributed by atoms with Gasteiger partial charge in [-0.2, -0.15) is 0 Å². The Morgan fingerprint density at radius 1 is 1.47 bits per heavy atom. The third-order valence-electron chi connectivity index (χ3n) is 3.25. The summed E-state index contributed by atoms with van der Waals surface area (Å²) in [7, 11) is 0. The Morgan fingerprint density at radius 3 is 2.71 bits per heavy atom. The Labute approximate surface area is 99.6 Å². The summed E-state index contributed by atoms with van der Waals surface area (Å²) in [5, 5.41) is 17.8. The van der Waals surface area contributed by atoms with Crippen molar-refractivity contribution in [2.75, 3.05) is 19.7 Å². The third-order valence-corrected chi connectivity index (χ3v) is 3.25. The molecule has 0 unspecified atom stereocenters. The number of carboxylic acids is 1. The second-order valence-electron chi connectivity index (χ2n) is 4.51. The van der Waals surface area contributed by atoms with E-state index in [2.05, 4.69) is 4.90 Å². The molecule has 0 aromatic carbocycles. The van der Waals surface area contributed by atoms with Gasteiger partial charge in [-0.25, -0.2) is 4.79 Å². The molecule has 0 radical (unpaired) electrons. The second-order valence-corrected chi connectivity index (χ2v) is 4.51. The number of furan rings is 1. The predicted octanol–water partition coefficient (Wildman–Crippen LogP) is 1.18. The lowest BCUT2D eigenvalue weighted by Crippen LogP contribution is -2.34. The maximum absolute atomic E-state index is 10.7. The summed E-state index contributed by atoms with van der Waals surface area (Å²) in [5.41, 5.74) is 0.199. The van der Waals surface area contributed by atoms with Crippen LogP contribution in [0.4, 0.5) is 0 Å². The van der Waals surface area contributed by atoms with Gasteiger partial charge in [0.15, 0.2) is 0 Å². The van der Waals surface area contributed by atoms with Crippen molar-refractivity contribution in [1.29, 1.82) is 0 Å². The topological polar surface area (TPSA) is 73.9 Å². The number of carbonyl (C=O) groups is 1. The number of aliphatic hydroxyl groups is 1. The average molecular weight is 239 g/mol. The number of hydrogen-bond acceptors (Lipinski definition) is 4. The summed E-state index contributed by atoms with van der Waals surface area (Å²) in [6.45, 7) is 2.76. The summed E-state index contributed by atoms with van der Waals surface area (Å²) in [5.74, 6) is 0.140. The van der Waals surface area contributed by atoms with Crippen LogP contribution in [-0.4, -0.2) is 40.8 Å². The summed E-state index contributed by atoms with van der Waals surface area (Å²) in [6, 6.07) is 1.57. The van der Waals surface area contributed by atoms with Crippen molar-refractivity contribution in [3.8, 4) is 0 Å². The van der Waals surface area contributed by atoms with Crippen molar-refractivity contribution < 1.29 is 19.4 Å². The van der Waals surface area contributed by atoms with Crippen molar-refractivity contribution >= 4 is 5.97 Å². The van der Waals surface area contributed by atoms with Crippen LogP contribution in [0.5, 0.6) is 0 Å². The highest BCUT2D eigenvalue weighted by Gasteiger charge is 2.19. The van der Waals surface area contributed by atoms with Gasteiger partial charge in [-0.15, -0.1) is 0 Å². The smallest absolute Gasteiger partial charge is 0.338 e. The van der Waals surface area contributed by atoms with Gasteiger partial charge in [-0.1, -0.05) is 0 Å². The lowest BCUT2D eigenvalue weighted by Gasteiger charge is -2.30. The quantitative estimate of drug-likeness (QED) is 0.825. The van der Waals surface area contributed by atoms with Gasteiger partial charge in [0, 0.05) is 6.61 Å². The van der Waals surface area contributed by atoms with E-state index in [9.17, 15) is 4.79 Å². The Morgan fingerprint density at radius 2 is 2.18 bits per heavy atom. The van der Waals surface area contributed by atoms with Crippen LogP contribution >= 0.6 is 0 Å². The average Bonchev–Trinajstić information content (AvgIpc) is 2.79. The highest BCUT2D eigenvalue weighted by atomic mass is 16.4. The van der Waals surface area contributed by atoms with Crippen LogP contribution in [0.25, 0.3) is 0 Å². The summed E-state index contributed by atoms with van der Waals surface area (Å²) < 4.78 is 5.21. The lowest BCUT2D eigenvalue weighted by atomic mass is 9.98. The molecule has 2 rings (SSSR count). The lowest BCUT2D eigenvalue weighted by molar-refractivity contribution is 0.0696. The minimum Gasteiger partial charge on any atom is -0.478 e. The molecule has 5 heteroatoms. The fourth-order valence-electron chi connectivity index (χ4n) is 2.12. The second kappa shape index (κ2) is 5.33. The van der Waals surface area contributed by atoms with Gasteiger partial charge in [-0.3, -0.25) is 4.90 Å². The number of nitrogens with zero attached hydrogens (tertiary/aromatic N) is 1. The molecule has 0 aliphatic carbocycles. The number of aromatic carboxylic acids is 1. The van der Waals surface area contributed by atoms with Gasteiger partial charge in [0.05, 0.1) is 12.1 Å². The van der Waals surface area contributed by atoms with Crippen LogP contribution in [0, 0.1) is 5.92 Å². The standard InChI is InChI=1S/C12H17NO4/c14-7-9-1-3-13(4-2-9)6-11-5-10(8-17-11)12(15)16/h5,8-9,14H,1-4,6-7H2,(H,15,16). The molecule has 0 bridgehead atoms. The van der Waals surface area contributed by atoms with Gasteiger partial charge in [0.25, 0.3) is 0 Å². The first-order chi connectivity index (χ1) is 8.19. The number of aliphatic hydroxyl groups excluding tert-OH is 1. The molecule has 0 amide bonds. The van der Waals surface area contributed by atoms with E-state index in [0.29, 0.717) is 18.2 Å². The fraction of sp³-hybridized carbons (Fsp3) is 0.583. The minimum absolute atomic E-state index is 0.199. The molecule has 1 fully saturated rings. The zero-order chi connectivity index (χ0) is 12.3. The predicted molar refractivity (Wildman–Crippen MR) is 60.8 cm³/mol. The molecule has 1 saturated heterocycles. The van der Waals surface area contributed by atoms with E-state index >= 15 is 0 Å². The molecule has 17 heavy (non-hydrogen) atoms. The maximum atomic E-state index is 10.7. The summed E-state index contributed by atoms with van der Waals surface area (Å²) in [6.07, 6.45) is 3.25. The van der Waals surface area contributed by atoms with Crippen LogP contribution < -0.4 is 0 Å². The molecule has 0 saturated carbocycles. The van der Waals surface area contributed by atoms with Gasteiger partial charge < -0.3 is 14.6 Å². The molecule has 1 aromatic heterocycles. The van der Waals surface area contributed by atoms with Gasteiger partial charge in [-0.05, 0) is 37.9 Å². The first-order valence-electron chi connectivity index (χ1n) is 5.83. The first-order valence-corrected chi connectivity index (χ1v) is 5.83. The largest absolute Gasteiger partial charge is 0.478 e. The Kier molecular flexibility index (Phi) is 3.81. The van der Waals surface area contributed by atoms with E-state index in [-0.39, 0.29) is 12.2 Å². The monoisotopic (exact) mass is 239 g/mol. The molecule has 1 aromatic rings. The molecule has 2 heterocycles. The molecule has 94 valence electrons. The van der Waals surface area contributed by atoms with Gasteiger partial charge in [0.1, 0.15) is 12.0 Å². The molecule has 5 nitrogen and oxygen atoms in total. The van der Waals surface area contributed by atoms with Crippen molar-refractivity contribution in [1.82, 2.24) is 4.90 Å². The van der Waals surface area contributed by atoms with E-state index in [1.54, 1.807) is 6.07 Å². The molecule has 1 aliphatic rings. The Bertz CT molecular complexity index is 380. The maximum Gasteiger partial charge on any atom is 0.338 e. The van der Waals surface area contributed by atoms with Gasteiger partial charge in [0.2, 0.25) is 0 Å². The van der Waals surface area contributed by atoms with Gasteiger partial charge >= 0.3 is 5.97 Å². The van der Waals surface area contributed by atoms with Crippen LogP contribution in [0.15, 0.2) is 16.7 Å². The number of hydrogen-bond donors (Lipinski definition) is 2. The zero-order valence-corrected chi connectivity index (χ0v) is 9.63. The highest BCUT2D eigenvalue weighted by molar-refractivity contribution is 5.87. The summed E-state index contributed by atoms with van der Waals surface area (Å²) >= 11 is 0. The number of piperidine rings is 1. The molecular weight excluding hydrogens is 222 g/mol. The minimum atomic E-state index is -0.959.